The standard InChI is InChI=1S/C24H29N7O/c32-24(27-11-6-13-30-14-12-25-17-30)21-16-23-28-20(18-7-2-1-3-8-18)15-22(31(23)29-21)19-9-4-5-10-26-19/h1-3,7-8,12,14,16-17,19,22,26H,4-6,9-11,13,15H2,(H,27,32). The predicted octanol–water partition coefficient (Wildman–Crippen LogP) is 3.11. The number of carbonyl (C=O) groups excluding carboxylic acids is 1. The molecule has 8 heteroatoms. The molecule has 1 aromatic carbocycles. The van der Waals surface area contributed by atoms with Gasteiger partial charge in [0.1, 0.15) is 0 Å². The largest absolute Gasteiger partial charge is 0.351 e. The topological polar surface area (TPSA) is 89.1 Å². The van der Waals surface area contributed by atoms with E-state index in [-0.39, 0.29) is 11.9 Å². The summed E-state index contributed by atoms with van der Waals surface area (Å²) in [6, 6.07) is 12.6. The molecular weight excluding hydrogens is 402 g/mol. The van der Waals surface area contributed by atoms with Gasteiger partial charge in [0.2, 0.25) is 0 Å². The van der Waals surface area contributed by atoms with E-state index in [1.807, 2.05) is 39.7 Å². The van der Waals surface area contributed by atoms with E-state index in [0.29, 0.717) is 18.3 Å². The lowest BCUT2D eigenvalue weighted by atomic mass is 9.91. The van der Waals surface area contributed by atoms with Gasteiger partial charge in [-0.3, -0.25) is 4.79 Å². The number of carbonyl (C=O) groups is 1. The second kappa shape index (κ2) is 9.48. The number of hydrogen-bond donors (Lipinski definition) is 2. The van der Waals surface area contributed by atoms with E-state index in [0.717, 1.165) is 49.4 Å². The predicted molar refractivity (Wildman–Crippen MR) is 123 cm³/mol. The van der Waals surface area contributed by atoms with Gasteiger partial charge in [-0.2, -0.15) is 5.10 Å². The van der Waals surface area contributed by atoms with Crippen LogP contribution in [0.15, 0.2) is 60.1 Å². The fourth-order valence-electron chi connectivity index (χ4n) is 4.60. The number of imidazole rings is 1. The number of piperidine rings is 1. The molecular formula is C24H29N7O. The molecule has 0 bridgehead atoms. The summed E-state index contributed by atoms with van der Waals surface area (Å²) < 4.78 is 3.97. The van der Waals surface area contributed by atoms with Crippen molar-refractivity contribution in [3.8, 4) is 0 Å². The highest BCUT2D eigenvalue weighted by Gasteiger charge is 2.32. The van der Waals surface area contributed by atoms with E-state index in [2.05, 4.69) is 27.8 Å². The van der Waals surface area contributed by atoms with Crippen LogP contribution in [0.1, 0.15) is 54.2 Å². The van der Waals surface area contributed by atoms with Crippen LogP contribution in [-0.4, -0.2) is 50.1 Å². The molecule has 32 heavy (non-hydrogen) atoms. The lowest BCUT2D eigenvalue weighted by molar-refractivity contribution is 0.0946. The van der Waals surface area contributed by atoms with Crippen molar-refractivity contribution in [2.24, 2.45) is 4.99 Å². The Morgan fingerprint density at radius 3 is 2.91 bits per heavy atom. The zero-order valence-corrected chi connectivity index (χ0v) is 18.2. The van der Waals surface area contributed by atoms with Crippen LogP contribution in [-0.2, 0) is 6.54 Å². The molecule has 5 rings (SSSR count). The fraction of sp³-hybridized carbons (Fsp3) is 0.417. The highest BCUT2D eigenvalue weighted by atomic mass is 16.1. The average Bonchev–Trinajstić information content (AvgIpc) is 3.52. The van der Waals surface area contributed by atoms with Crippen molar-refractivity contribution in [2.75, 3.05) is 13.1 Å². The number of nitrogens with zero attached hydrogens (tertiary/aromatic N) is 5. The molecule has 2 aromatic heterocycles. The van der Waals surface area contributed by atoms with E-state index < -0.39 is 0 Å². The Labute approximate surface area is 187 Å². The lowest BCUT2D eigenvalue weighted by Gasteiger charge is -2.34. The van der Waals surface area contributed by atoms with E-state index in [4.69, 9.17) is 10.1 Å². The van der Waals surface area contributed by atoms with Crippen molar-refractivity contribution in [2.45, 2.75) is 50.7 Å². The van der Waals surface area contributed by atoms with Gasteiger partial charge < -0.3 is 15.2 Å². The molecule has 2 unspecified atom stereocenters. The molecule has 8 nitrogen and oxygen atoms in total. The van der Waals surface area contributed by atoms with Gasteiger partial charge in [0.15, 0.2) is 11.5 Å². The highest BCUT2D eigenvalue weighted by Crippen LogP contribution is 2.34. The second-order valence-corrected chi connectivity index (χ2v) is 8.49. The summed E-state index contributed by atoms with van der Waals surface area (Å²) in [4.78, 5) is 21.7. The normalized spacial score (nSPS) is 20.4. The third-order valence-corrected chi connectivity index (χ3v) is 6.27. The minimum atomic E-state index is -0.149. The Morgan fingerprint density at radius 2 is 2.12 bits per heavy atom. The smallest absolute Gasteiger partial charge is 0.271 e. The molecule has 0 spiro atoms. The van der Waals surface area contributed by atoms with Crippen LogP contribution >= 0.6 is 0 Å². The molecule has 0 radical (unpaired) electrons. The molecule has 2 aliphatic heterocycles. The highest BCUT2D eigenvalue weighted by molar-refractivity contribution is 6.03. The molecule has 2 atom stereocenters. The number of hydrogen-bond acceptors (Lipinski definition) is 5. The Bertz CT molecular complexity index is 1070. The monoisotopic (exact) mass is 431 g/mol. The molecule has 4 heterocycles. The van der Waals surface area contributed by atoms with Gasteiger partial charge >= 0.3 is 0 Å². The summed E-state index contributed by atoms with van der Waals surface area (Å²) >= 11 is 0. The molecule has 0 aliphatic carbocycles. The third kappa shape index (κ3) is 4.50. The molecule has 1 fully saturated rings. The number of rotatable bonds is 7. The fourth-order valence-corrected chi connectivity index (χ4v) is 4.60. The van der Waals surface area contributed by atoms with Crippen LogP contribution in [0.25, 0.3) is 0 Å². The van der Waals surface area contributed by atoms with Crippen LogP contribution in [0.2, 0.25) is 0 Å². The zero-order valence-electron chi connectivity index (χ0n) is 18.2. The third-order valence-electron chi connectivity index (χ3n) is 6.27. The SMILES string of the molecule is O=C(NCCCn1ccnc1)c1cc2n(n1)C(C1CCCCN1)CC(c1ccccc1)=N2. The summed E-state index contributed by atoms with van der Waals surface area (Å²) in [6.07, 6.45) is 10.6. The van der Waals surface area contributed by atoms with E-state index in [9.17, 15) is 4.79 Å². The van der Waals surface area contributed by atoms with Gasteiger partial charge in [0, 0.05) is 44.0 Å². The van der Waals surface area contributed by atoms with Crippen molar-refractivity contribution in [3.05, 3.63) is 66.4 Å². The van der Waals surface area contributed by atoms with Gasteiger partial charge in [0.25, 0.3) is 5.91 Å². The lowest BCUT2D eigenvalue weighted by Crippen LogP contribution is -2.43. The van der Waals surface area contributed by atoms with E-state index >= 15 is 0 Å². The molecule has 0 saturated carbocycles. The first-order valence-electron chi connectivity index (χ1n) is 11.5. The van der Waals surface area contributed by atoms with E-state index in [1.54, 1.807) is 12.5 Å². The van der Waals surface area contributed by atoms with Crippen molar-refractivity contribution in [3.63, 3.8) is 0 Å². The van der Waals surface area contributed by atoms with Gasteiger partial charge in [0.05, 0.1) is 18.1 Å². The summed E-state index contributed by atoms with van der Waals surface area (Å²) in [6.45, 7) is 2.44. The van der Waals surface area contributed by atoms with Gasteiger partial charge in [-0.1, -0.05) is 36.8 Å². The first kappa shape index (κ1) is 20.6. The first-order valence-corrected chi connectivity index (χ1v) is 11.5. The Balaban J connectivity index is 1.33. The number of fused-ring (bicyclic) bond motifs is 1. The number of aliphatic imine (C=N–C) groups is 1. The quantitative estimate of drug-likeness (QED) is 0.563. The van der Waals surface area contributed by atoms with Crippen LogP contribution in [0, 0.1) is 0 Å². The maximum atomic E-state index is 12.8. The van der Waals surface area contributed by atoms with Gasteiger partial charge in [-0.25, -0.2) is 14.7 Å². The Kier molecular flexibility index (Phi) is 6.11. The number of aryl methyl sites for hydroxylation is 1. The van der Waals surface area contributed by atoms with Crippen LogP contribution in [0.3, 0.4) is 0 Å². The molecule has 2 aliphatic rings. The summed E-state index contributed by atoms with van der Waals surface area (Å²) in [5.41, 5.74) is 2.62. The summed E-state index contributed by atoms with van der Waals surface area (Å²) in [7, 11) is 0. The maximum Gasteiger partial charge on any atom is 0.271 e. The molecule has 1 amide bonds. The van der Waals surface area contributed by atoms with Gasteiger partial charge in [-0.05, 0) is 31.4 Å². The molecule has 166 valence electrons. The van der Waals surface area contributed by atoms with Crippen LogP contribution < -0.4 is 10.6 Å². The second-order valence-electron chi connectivity index (χ2n) is 8.49. The summed E-state index contributed by atoms with van der Waals surface area (Å²) in [5, 5.41) is 11.4. The number of aromatic nitrogens is 4. The number of amides is 1. The van der Waals surface area contributed by atoms with Crippen molar-refractivity contribution in [1.29, 1.82) is 0 Å². The van der Waals surface area contributed by atoms with Crippen molar-refractivity contribution < 1.29 is 4.79 Å². The van der Waals surface area contributed by atoms with Crippen molar-refractivity contribution in [1.82, 2.24) is 30.0 Å². The average molecular weight is 432 g/mol. The van der Waals surface area contributed by atoms with E-state index in [1.165, 1.54) is 12.8 Å². The zero-order chi connectivity index (χ0) is 21.8. The summed E-state index contributed by atoms with van der Waals surface area (Å²) in [5.74, 6) is 0.611. The Morgan fingerprint density at radius 1 is 1.22 bits per heavy atom. The maximum absolute atomic E-state index is 12.8. The molecule has 1 saturated heterocycles. The minimum absolute atomic E-state index is 0.149. The Hall–Kier alpha value is -3.26. The van der Waals surface area contributed by atoms with Gasteiger partial charge in [-0.15, -0.1) is 0 Å². The molecule has 2 N–H and O–H groups in total. The van der Waals surface area contributed by atoms with Crippen LogP contribution in [0.4, 0.5) is 5.82 Å². The first-order chi connectivity index (χ1) is 15.8. The number of nitrogens with one attached hydrogen (secondary N) is 2. The molecule has 3 aromatic rings. The van der Waals surface area contributed by atoms with Crippen molar-refractivity contribution >= 4 is 17.4 Å². The van der Waals surface area contributed by atoms with Crippen LogP contribution in [0.5, 0.6) is 0 Å². The number of benzene rings is 1. The minimum Gasteiger partial charge on any atom is -0.351 e.